The van der Waals surface area contributed by atoms with Crippen molar-refractivity contribution in [2.75, 3.05) is 18.2 Å². The van der Waals surface area contributed by atoms with E-state index in [2.05, 4.69) is 34.7 Å². The first kappa shape index (κ1) is 18.9. The Kier molecular flexibility index (Phi) is 6.08. The summed E-state index contributed by atoms with van der Waals surface area (Å²) in [4.78, 5) is 12.3. The van der Waals surface area contributed by atoms with Crippen LogP contribution in [0.3, 0.4) is 0 Å². The van der Waals surface area contributed by atoms with Crippen LogP contribution >= 0.6 is 11.8 Å². The van der Waals surface area contributed by atoms with Gasteiger partial charge in [0.25, 0.3) is 0 Å². The Balaban J connectivity index is 1.64. The van der Waals surface area contributed by atoms with Crippen LogP contribution in [0, 0.1) is 0 Å². The maximum atomic E-state index is 12.3. The zero-order chi connectivity index (χ0) is 19.2. The third kappa shape index (κ3) is 4.65. The van der Waals surface area contributed by atoms with E-state index in [-0.39, 0.29) is 11.7 Å². The molecule has 0 saturated carbocycles. The first-order valence-electron chi connectivity index (χ1n) is 8.53. The summed E-state index contributed by atoms with van der Waals surface area (Å²) in [7, 11) is 1.59. The monoisotopic (exact) mass is 383 g/mol. The third-order valence-electron chi connectivity index (χ3n) is 3.95. The SMILES string of the molecule is COc1ccccc1-n1nnnc1SCC(=O)Nc1ccc(C(C)C)cc1. The summed E-state index contributed by atoms with van der Waals surface area (Å²) >= 11 is 1.26. The van der Waals surface area contributed by atoms with Gasteiger partial charge in [0.2, 0.25) is 11.1 Å². The molecule has 1 amide bonds. The van der Waals surface area contributed by atoms with Crippen molar-refractivity contribution in [3.8, 4) is 11.4 Å². The summed E-state index contributed by atoms with van der Waals surface area (Å²) in [5.41, 5.74) is 2.73. The Labute approximate surface area is 162 Å². The maximum absolute atomic E-state index is 12.3. The minimum Gasteiger partial charge on any atom is -0.494 e. The highest BCUT2D eigenvalue weighted by molar-refractivity contribution is 7.99. The number of methoxy groups -OCH3 is 1. The molecule has 27 heavy (non-hydrogen) atoms. The molecule has 3 aromatic rings. The van der Waals surface area contributed by atoms with Crippen LogP contribution in [-0.2, 0) is 4.79 Å². The van der Waals surface area contributed by atoms with Gasteiger partial charge in [-0.15, -0.1) is 5.10 Å². The maximum Gasteiger partial charge on any atom is 0.234 e. The van der Waals surface area contributed by atoms with Gasteiger partial charge in [-0.3, -0.25) is 4.79 Å². The third-order valence-corrected chi connectivity index (χ3v) is 4.87. The lowest BCUT2D eigenvalue weighted by molar-refractivity contribution is -0.113. The van der Waals surface area contributed by atoms with Gasteiger partial charge in [0.05, 0.1) is 12.9 Å². The Hall–Kier alpha value is -2.87. The average molecular weight is 383 g/mol. The van der Waals surface area contributed by atoms with Gasteiger partial charge in [0, 0.05) is 5.69 Å². The molecule has 1 N–H and O–H groups in total. The molecule has 7 nitrogen and oxygen atoms in total. The summed E-state index contributed by atoms with van der Waals surface area (Å²) in [6.45, 7) is 4.27. The number of nitrogens with zero attached hydrogens (tertiary/aromatic N) is 4. The number of carbonyl (C=O) groups is 1. The zero-order valence-corrected chi connectivity index (χ0v) is 16.2. The highest BCUT2D eigenvalue weighted by Gasteiger charge is 2.14. The zero-order valence-electron chi connectivity index (χ0n) is 15.4. The fourth-order valence-electron chi connectivity index (χ4n) is 2.50. The molecular formula is C19H21N5O2S. The predicted molar refractivity (Wildman–Crippen MR) is 106 cm³/mol. The molecule has 1 aromatic heterocycles. The molecule has 0 aliphatic carbocycles. The molecule has 8 heteroatoms. The lowest BCUT2D eigenvalue weighted by atomic mass is 10.0. The van der Waals surface area contributed by atoms with E-state index in [1.165, 1.54) is 17.3 Å². The minimum absolute atomic E-state index is 0.119. The molecule has 0 saturated heterocycles. The molecule has 0 radical (unpaired) electrons. The second-order valence-electron chi connectivity index (χ2n) is 6.16. The van der Waals surface area contributed by atoms with E-state index in [0.717, 1.165) is 11.4 Å². The van der Waals surface area contributed by atoms with Gasteiger partial charge in [-0.25, -0.2) is 0 Å². The van der Waals surface area contributed by atoms with Crippen molar-refractivity contribution in [3.05, 3.63) is 54.1 Å². The van der Waals surface area contributed by atoms with E-state index >= 15 is 0 Å². The van der Waals surface area contributed by atoms with Crippen molar-refractivity contribution in [2.24, 2.45) is 0 Å². The molecule has 0 spiro atoms. The number of tetrazole rings is 1. The fourth-order valence-corrected chi connectivity index (χ4v) is 3.19. The second kappa shape index (κ2) is 8.68. The van der Waals surface area contributed by atoms with Gasteiger partial charge in [0.15, 0.2) is 0 Å². The van der Waals surface area contributed by atoms with Crippen LogP contribution in [-0.4, -0.2) is 39.0 Å². The molecule has 0 bridgehead atoms. The summed E-state index contributed by atoms with van der Waals surface area (Å²) in [5.74, 6) is 1.19. The van der Waals surface area contributed by atoms with Crippen LogP contribution in [0.5, 0.6) is 5.75 Å². The molecule has 0 unspecified atom stereocenters. The normalized spacial score (nSPS) is 10.8. The van der Waals surface area contributed by atoms with Crippen molar-refractivity contribution in [1.29, 1.82) is 0 Å². The number of nitrogens with one attached hydrogen (secondary N) is 1. The molecule has 2 aromatic carbocycles. The molecule has 3 rings (SSSR count). The van der Waals surface area contributed by atoms with Crippen molar-refractivity contribution in [2.45, 2.75) is 24.9 Å². The molecule has 0 atom stereocenters. The summed E-state index contributed by atoms with van der Waals surface area (Å²) < 4.78 is 6.91. The molecule has 0 fully saturated rings. The first-order chi connectivity index (χ1) is 13.1. The fraction of sp³-hybridized carbons (Fsp3) is 0.263. The van der Waals surface area contributed by atoms with Gasteiger partial charge in [-0.1, -0.05) is 49.9 Å². The second-order valence-corrected chi connectivity index (χ2v) is 7.10. The van der Waals surface area contributed by atoms with Gasteiger partial charge < -0.3 is 10.1 Å². The number of aromatic nitrogens is 4. The highest BCUT2D eigenvalue weighted by Crippen LogP contribution is 2.25. The quantitative estimate of drug-likeness (QED) is 0.629. The smallest absolute Gasteiger partial charge is 0.234 e. The molecule has 140 valence electrons. The number of hydrogen-bond acceptors (Lipinski definition) is 6. The lowest BCUT2D eigenvalue weighted by Crippen LogP contribution is -2.14. The first-order valence-corrected chi connectivity index (χ1v) is 9.51. The topological polar surface area (TPSA) is 81.9 Å². The Bertz CT molecular complexity index is 908. The number of carbonyl (C=O) groups excluding carboxylic acids is 1. The van der Waals surface area contributed by atoms with Gasteiger partial charge >= 0.3 is 0 Å². The van der Waals surface area contributed by atoms with E-state index in [4.69, 9.17) is 4.74 Å². The van der Waals surface area contributed by atoms with Crippen molar-refractivity contribution < 1.29 is 9.53 Å². The Morgan fingerprint density at radius 1 is 1.19 bits per heavy atom. The number of hydrogen-bond donors (Lipinski definition) is 1. The Morgan fingerprint density at radius 2 is 1.93 bits per heavy atom. The van der Waals surface area contributed by atoms with Crippen LogP contribution in [0.2, 0.25) is 0 Å². The standard InChI is InChI=1S/C19H21N5O2S/c1-13(2)14-8-10-15(11-9-14)20-18(25)12-27-19-21-22-23-24(19)16-6-4-5-7-17(16)26-3/h4-11,13H,12H2,1-3H3,(H,20,25). The number of ether oxygens (including phenoxy) is 1. The number of benzene rings is 2. The van der Waals surface area contributed by atoms with Crippen LogP contribution in [0.1, 0.15) is 25.3 Å². The molecule has 1 heterocycles. The number of amides is 1. The van der Waals surface area contributed by atoms with Crippen LogP contribution in [0.15, 0.2) is 53.7 Å². The average Bonchev–Trinajstić information content (AvgIpc) is 3.15. The van der Waals surface area contributed by atoms with Crippen LogP contribution < -0.4 is 10.1 Å². The molecule has 0 aliphatic rings. The van der Waals surface area contributed by atoms with E-state index < -0.39 is 0 Å². The molecule has 0 aliphatic heterocycles. The van der Waals surface area contributed by atoms with Crippen LogP contribution in [0.25, 0.3) is 5.69 Å². The number of para-hydroxylation sites is 2. The molecular weight excluding hydrogens is 362 g/mol. The summed E-state index contributed by atoms with van der Waals surface area (Å²) in [5, 5.41) is 15.1. The van der Waals surface area contributed by atoms with Crippen molar-refractivity contribution >= 4 is 23.4 Å². The van der Waals surface area contributed by atoms with Gasteiger partial charge in [-0.2, -0.15) is 4.68 Å². The number of thioether (sulfide) groups is 1. The minimum atomic E-state index is -0.119. The highest BCUT2D eigenvalue weighted by atomic mass is 32.2. The van der Waals surface area contributed by atoms with E-state index in [0.29, 0.717) is 16.8 Å². The van der Waals surface area contributed by atoms with E-state index in [1.54, 1.807) is 11.8 Å². The lowest BCUT2D eigenvalue weighted by Gasteiger charge is -2.09. The predicted octanol–water partition coefficient (Wildman–Crippen LogP) is 3.53. The van der Waals surface area contributed by atoms with E-state index in [1.807, 2.05) is 48.5 Å². The van der Waals surface area contributed by atoms with Gasteiger partial charge in [0.1, 0.15) is 11.4 Å². The number of anilines is 1. The largest absolute Gasteiger partial charge is 0.494 e. The van der Waals surface area contributed by atoms with E-state index in [9.17, 15) is 4.79 Å². The summed E-state index contributed by atoms with van der Waals surface area (Å²) in [6.07, 6.45) is 0. The van der Waals surface area contributed by atoms with Crippen molar-refractivity contribution in [3.63, 3.8) is 0 Å². The number of rotatable bonds is 7. The Morgan fingerprint density at radius 3 is 2.63 bits per heavy atom. The summed E-state index contributed by atoms with van der Waals surface area (Å²) in [6, 6.07) is 15.3. The van der Waals surface area contributed by atoms with Crippen LogP contribution in [0.4, 0.5) is 5.69 Å². The van der Waals surface area contributed by atoms with Crippen molar-refractivity contribution in [1.82, 2.24) is 20.2 Å². The van der Waals surface area contributed by atoms with Gasteiger partial charge in [-0.05, 0) is 46.2 Å².